The zero-order chi connectivity index (χ0) is 21.2. The molecule has 2 rings (SSSR count). The highest BCUT2D eigenvalue weighted by Gasteiger charge is 2.16. The van der Waals surface area contributed by atoms with Crippen LogP contribution in [0.4, 0.5) is 10.8 Å². The number of ether oxygens (including phenoxy) is 2. The lowest BCUT2D eigenvalue weighted by Crippen LogP contribution is -2.20. The van der Waals surface area contributed by atoms with E-state index < -0.39 is 0 Å². The van der Waals surface area contributed by atoms with Gasteiger partial charge in [-0.1, -0.05) is 11.6 Å². The zero-order valence-electron chi connectivity index (χ0n) is 17.0. The molecule has 1 aromatic carbocycles. The number of thiazole rings is 1. The summed E-state index contributed by atoms with van der Waals surface area (Å²) in [6.07, 6.45) is 0.177. The van der Waals surface area contributed by atoms with Crippen molar-refractivity contribution in [2.24, 2.45) is 5.73 Å². The lowest BCUT2D eigenvalue weighted by Gasteiger charge is -2.12. The van der Waals surface area contributed by atoms with Crippen LogP contribution in [0.2, 0.25) is 0 Å². The second-order valence-electron chi connectivity index (χ2n) is 6.48. The Hall–Kier alpha value is -2.33. The number of benzene rings is 1. The molecule has 0 unspecified atom stereocenters. The Morgan fingerprint density at radius 3 is 2.45 bits per heavy atom. The van der Waals surface area contributed by atoms with E-state index in [-0.39, 0.29) is 24.8 Å². The van der Waals surface area contributed by atoms with Crippen LogP contribution in [0.5, 0.6) is 0 Å². The molecule has 158 valence electrons. The molecule has 2 amide bonds. The molecule has 8 nitrogen and oxygen atoms in total. The quantitative estimate of drug-likeness (QED) is 0.481. The van der Waals surface area contributed by atoms with E-state index in [2.05, 4.69) is 15.6 Å². The van der Waals surface area contributed by atoms with Gasteiger partial charge < -0.3 is 20.5 Å². The largest absolute Gasteiger partial charge is 0.379 e. The highest BCUT2D eigenvalue weighted by Crippen LogP contribution is 2.24. The van der Waals surface area contributed by atoms with Crippen LogP contribution in [0, 0.1) is 20.8 Å². The maximum Gasteiger partial charge on any atom is 0.259 e. The standard InChI is InChI=1S/C20H28N4O4S/c1-13-4-5-17(23-18(25)6-8-27-10-11-28-9-7-21)16(12-13)19(26)24-20-22-14(2)15(3)29-20/h4-5,12H,6-11,21H2,1-3H3,(H,23,25)(H,22,24,26). The van der Waals surface area contributed by atoms with Crippen molar-refractivity contribution in [1.82, 2.24) is 4.98 Å². The lowest BCUT2D eigenvalue weighted by molar-refractivity contribution is -0.117. The third-order valence-electron chi connectivity index (χ3n) is 4.05. The minimum Gasteiger partial charge on any atom is -0.379 e. The van der Waals surface area contributed by atoms with Gasteiger partial charge in [0.25, 0.3) is 5.91 Å². The van der Waals surface area contributed by atoms with Crippen LogP contribution < -0.4 is 16.4 Å². The molecule has 1 aromatic heterocycles. The molecule has 0 aliphatic heterocycles. The first-order valence-electron chi connectivity index (χ1n) is 9.42. The number of amides is 2. The fourth-order valence-corrected chi connectivity index (χ4v) is 3.24. The van der Waals surface area contributed by atoms with Gasteiger partial charge in [-0.05, 0) is 32.9 Å². The average Bonchev–Trinajstić information content (AvgIpc) is 2.99. The van der Waals surface area contributed by atoms with Gasteiger partial charge in [-0.2, -0.15) is 0 Å². The highest BCUT2D eigenvalue weighted by atomic mass is 32.1. The Balaban J connectivity index is 1.91. The predicted molar refractivity (Wildman–Crippen MR) is 115 cm³/mol. The molecule has 4 N–H and O–H groups in total. The fourth-order valence-electron chi connectivity index (χ4n) is 2.43. The Labute approximate surface area is 174 Å². The maximum atomic E-state index is 12.7. The first-order chi connectivity index (χ1) is 13.9. The van der Waals surface area contributed by atoms with E-state index in [9.17, 15) is 9.59 Å². The molecule has 29 heavy (non-hydrogen) atoms. The number of hydrogen-bond donors (Lipinski definition) is 3. The molecule has 1 heterocycles. The second kappa shape index (κ2) is 11.6. The molecule has 0 aliphatic rings. The smallest absolute Gasteiger partial charge is 0.259 e. The van der Waals surface area contributed by atoms with Gasteiger partial charge in [0.15, 0.2) is 5.13 Å². The van der Waals surface area contributed by atoms with Crippen molar-refractivity contribution < 1.29 is 19.1 Å². The SMILES string of the molecule is Cc1ccc(NC(=O)CCOCCOCCN)c(C(=O)Nc2nc(C)c(C)s2)c1. The van der Waals surface area contributed by atoms with Gasteiger partial charge in [-0.15, -0.1) is 11.3 Å². The van der Waals surface area contributed by atoms with Crippen molar-refractivity contribution in [3.05, 3.63) is 39.9 Å². The number of hydrogen-bond acceptors (Lipinski definition) is 7. The highest BCUT2D eigenvalue weighted by molar-refractivity contribution is 7.15. The molecule has 2 aromatic rings. The van der Waals surface area contributed by atoms with Gasteiger partial charge in [-0.3, -0.25) is 14.9 Å². The molecule has 0 spiro atoms. The summed E-state index contributed by atoms with van der Waals surface area (Å²) >= 11 is 1.42. The zero-order valence-corrected chi connectivity index (χ0v) is 17.9. The summed E-state index contributed by atoms with van der Waals surface area (Å²) in [6, 6.07) is 5.31. The van der Waals surface area contributed by atoms with Crippen LogP contribution in [0.15, 0.2) is 18.2 Å². The number of carbonyl (C=O) groups is 2. The summed E-state index contributed by atoms with van der Waals surface area (Å²) in [5.41, 5.74) is 7.97. The molecule has 0 radical (unpaired) electrons. The summed E-state index contributed by atoms with van der Waals surface area (Å²) < 4.78 is 10.6. The number of nitrogens with one attached hydrogen (secondary N) is 2. The van der Waals surface area contributed by atoms with Crippen LogP contribution >= 0.6 is 11.3 Å². The Kier molecular flexibility index (Phi) is 9.20. The minimum absolute atomic E-state index is 0.177. The third-order valence-corrected chi connectivity index (χ3v) is 5.04. The Morgan fingerprint density at radius 1 is 1.07 bits per heavy atom. The molecule has 0 saturated carbocycles. The third kappa shape index (κ3) is 7.54. The van der Waals surface area contributed by atoms with Crippen molar-refractivity contribution in [2.75, 3.05) is 43.6 Å². The second-order valence-corrected chi connectivity index (χ2v) is 7.68. The van der Waals surface area contributed by atoms with Crippen LogP contribution in [-0.4, -0.2) is 49.8 Å². The minimum atomic E-state index is -0.314. The lowest BCUT2D eigenvalue weighted by atomic mass is 10.1. The number of aromatic nitrogens is 1. The van der Waals surface area contributed by atoms with E-state index >= 15 is 0 Å². The van der Waals surface area contributed by atoms with Gasteiger partial charge in [0.1, 0.15) is 0 Å². The molecule has 9 heteroatoms. The fraction of sp³-hybridized carbons (Fsp3) is 0.450. The summed E-state index contributed by atoms with van der Waals surface area (Å²) in [5.74, 6) is -0.544. The first-order valence-corrected chi connectivity index (χ1v) is 10.2. The van der Waals surface area contributed by atoms with E-state index in [4.69, 9.17) is 15.2 Å². The number of carbonyl (C=O) groups excluding carboxylic acids is 2. The number of rotatable bonds is 11. The van der Waals surface area contributed by atoms with Crippen LogP contribution in [0.3, 0.4) is 0 Å². The van der Waals surface area contributed by atoms with Gasteiger partial charge in [0.2, 0.25) is 5.91 Å². The molecule has 0 fully saturated rings. The van der Waals surface area contributed by atoms with Crippen molar-refractivity contribution in [2.45, 2.75) is 27.2 Å². The number of anilines is 2. The first kappa shape index (κ1) is 23.0. The summed E-state index contributed by atoms with van der Waals surface area (Å²) in [7, 11) is 0. The summed E-state index contributed by atoms with van der Waals surface area (Å²) in [6.45, 7) is 7.80. The topological polar surface area (TPSA) is 116 Å². The van der Waals surface area contributed by atoms with Crippen molar-refractivity contribution >= 4 is 34.0 Å². The van der Waals surface area contributed by atoms with E-state index in [0.29, 0.717) is 42.7 Å². The van der Waals surface area contributed by atoms with Gasteiger partial charge >= 0.3 is 0 Å². The predicted octanol–water partition coefficient (Wildman–Crippen LogP) is 2.64. The number of nitrogens with two attached hydrogens (primary N) is 1. The van der Waals surface area contributed by atoms with Crippen molar-refractivity contribution in [3.63, 3.8) is 0 Å². The van der Waals surface area contributed by atoms with Crippen LogP contribution in [-0.2, 0) is 14.3 Å². The maximum absolute atomic E-state index is 12.7. The Bertz CT molecular complexity index is 818. The average molecular weight is 421 g/mol. The van der Waals surface area contributed by atoms with Gasteiger partial charge in [0, 0.05) is 11.4 Å². The van der Waals surface area contributed by atoms with E-state index in [1.54, 1.807) is 12.1 Å². The van der Waals surface area contributed by atoms with Gasteiger partial charge in [-0.25, -0.2) is 4.98 Å². The van der Waals surface area contributed by atoms with Crippen molar-refractivity contribution in [1.29, 1.82) is 0 Å². The Morgan fingerprint density at radius 2 is 1.79 bits per heavy atom. The van der Waals surface area contributed by atoms with E-state index in [1.165, 1.54) is 11.3 Å². The van der Waals surface area contributed by atoms with E-state index in [0.717, 1.165) is 16.1 Å². The normalized spacial score (nSPS) is 10.8. The molecular weight excluding hydrogens is 392 g/mol. The molecule has 0 saturated heterocycles. The monoisotopic (exact) mass is 420 g/mol. The van der Waals surface area contributed by atoms with Crippen LogP contribution in [0.25, 0.3) is 0 Å². The summed E-state index contributed by atoms with van der Waals surface area (Å²) in [4.78, 5) is 30.3. The van der Waals surface area contributed by atoms with E-state index in [1.807, 2.05) is 26.8 Å². The summed E-state index contributed by atoms with van der Waals surface area (Å²) in [5, 5.41) is 6.13. The molecule has 0 aliphatic carbocycles. The molecular formula is C20H28N4O4S. The number of aryl methyl sites for hydroxylation is 3. The molecule has 0 atom stereocenters. The molecule has 0 bridgehead atoms. The number of nitrogens with zero attached hydrogens (tertiary/aromatic N) is 1. The van der Waals surface area contributed by atoms with Crippen molar-refractivity contribution in [3.8, 4) is 0 Å². The van der Waals surface area contributed by atoms with Crippen LogP contribution in [0.1, 0.15) is 32.9 Å². The van der Waals surface area contributed by atoms with Gasteiger partial charge in [0.05, 0.1) is 49.8 Å².